The van der Waals surface area contributed by atoms with Crippen molar-refractivity contribution in [2.75, 3.05) is 13.2 Å². The molecule has 3 N–H and O–H groups in total. The molecule has 0 aromatic heterocycles. The third-order valence-corrected chi connectivity index (χ3v) is 3.27. The molecule has 4 nitrogen and oxygen atoms in total. The number of nitrogens with zero attached hydrogens (tertiary/aromatic N) is 1. The number of halogens is 2. The van der Waals surface area contributed by atoms with E-state index in [2.05, 4.69) is 26.2 Å². The second-order valence-electron chi connectivity index (χ2n) is 4.08. The van der Waals surface area contributed by atoms with Crippen molar-refractivity contribution < 1.29 is 9.13 Å². The van der Waals surface area contributed by atoms with E-state index in [0.29, 0.717) is 29.3 Å². The molecule has 0 amide bonds. The summed E-state index contributed by atoms with van der Waals surface area (Å²) in [4.78, 5) is 4.16. The van der Waals surface area contributed by atoms with Crippen LogP contribution in [0.4, 0.5) is 4.39 Å². The molecular formula is C12H15BrFN3O. The molecule has 0 fully saturated rings. The number of aliphatic imine (C=N–C) groups is 1. The normalized spacial score (nSPS) is 18.4. The molecule has 2 rings (SSSR count). The molecule has 1 heterocycles. The molecule has 1 atom stereocenters. The standard InChI is InChI=1S/C12H15BrFN3O/c1-2-3-16-12(15)17-10-6-18-11-5-9(14)8(13)4-7(10)11/h4-5,10H,2-3,6H2,1H3,(H3,15,16,17). The molecule has 1 unspecified atom stereocenters. The van der Waals surface area contributed by atoms with Crippen molar-refractivity contribution in [3.8, 4) is 5.75 Å². The van der Waals surface area contributed by atoms with Crippen LogP contribution in [-0.2, 0) is 0 Å². The summed E-state index contributed by atoms with van der Waals surface area (Å²) in [5.74, 6) is 0.609. The van der Waals surface area contributed by atoms with Gasteiger partial charge in [-0.15, -0.1) is 0 Å². The first-order chi connectivity index (χ1) is 8.61. The van der Waals surface area contributed by atoms with Crippen molar-refractivity contribution in [2.24, 2.45) is 10.7 Å². The first-order valence-corrected chi connectivity index (χ1v) is 6.59. The molecule has 1 aromatic rings. The van der Waals surface area contributed by atoms with Gasteiger partial charge in [-0.05, 0) is 28.4 Å². The van der Waals surface area contributed by atoms with Crippen LogP contribution < -0.4 is 15.8 Å². The van der Waals surface area contributed by atoms with Crippen LogP contribution in [-0.4, -0.2) is 19.1 Å². The number of guanidine groups is 1. The first kappa shape index (κ1) is 13.1. The van der Waals surface area contributed by atoms with E-state index in [0.717, 1.165) is 12.0 Å². The van der Waals surface area contributed by atoms with Gasteiger partial charge in [-0.25, -0.2) is 4.39 Å². The highest BCUT2D eigenvalue weighted by atomic mass is 79.9. The van der Waals surface area contributed by atoms with Gasteiger partial charge in [0.05, 0.1) is 10.5 Å². The largest absolute Gasteiger partial charge is 0.491 e. The van der Waals surface area contributed by atoms with Gasteiger partial charge in [0.15, 0.2) is 5.96 Å². The Morgan fingerprint density at radius 2 is 2.44 bits per heavy atom. The van der Waals surface area contributed by atoms with Crippen LogP contribution >= 0.6 is 15.9 Å². The summed E-state index contributed by atoms with van der Waals surface area (Å²) in [6, 6.07) is 3.00. The van der Waals surface area contributed by atoms with E-state index >= 15 is 0 Å². The zero-order valence-corrected chi connectivity index (χ0v) is 11.6. The highest BCUT2D eigenvalue weighted by Gasteiger charge is 2.26. The number of benzene rings is 1. The number of nitrogens with two attached hydrogens (primary N) is 1. The van der Waals surface area contributed by atoms with E-state index in [9.17, 15) is 4.39 Å². The quantitative estimate of drug-likeness (QED) is 0.665. The summed E-state index contributed by atoms with van der Waals surface area (Å²) in [7, 11) is 0. The number of fused-ring (bicyclic) bond motifs is 1. The zero-order valence-electron chi connectivity index (χ0n) is 10.0. The maximum absolute atomic E-state index is 13.3. The molecule has 1 aliphatic heterocycles. The van der Waals surface area contributed by atoms with Crippen LogP contribution in [0.5, 0.6) is 5.75 Å². The summed E-state index contributed by atoms with van der Waals surface area (Å²) >= 11 is 3.16. The Labute approximate surface area is 114 Å². The van der Waals surface area contributed by atoms with Gasteiger partial charge in [0.2, 0.25) is 0 Å². The smallest absolute Gasteiger partial charge is 0.189 e. The van der Waals surface area contributed by atoms with Crippen molar-refractivity contribution in [3.63, 3.8) is 0 Å². The first-order valence-electron chi connectivity index (χ1n) is 5.80. The van der Waals surface area contributed by atoms with Gasteiger partial charge in [0.1, 0.15) is 18.2 Å². The number of hydrogen-bond acceptors (Lipinski definition) is 2. The number of hydrogen-bond donors (Lipinski definition) is 2. The third kappa shape index (κ3) is 2.75. The lowest BCUT2D eigenvalue weighted by molar-refractivity contribution is 0.323. The number of ether oxygens (including phenoxy) is 1. The maximum atomic E-state index is 13.3. The highest BCUT2D eigenvalue weighted by molar-refractivity contribution is 9.10. The molecule has 1 aromatic carbocycles. The molecule has 6 heteroatoms. The van der Waals surface area contributed by atoms with Crippen LogP contribution in [0.25, 0.3) is 0 Å². The summed E-state index contributed by atoms with van der Waals surface area (Å²) in [6.45, 7) is 3.14. The van der Waals surface area contributed by atoms with Crippen LogP contribution in [0.3, 0.4) is 0 Å². The Balaban J connectivity index is 2.14. The maximum Gasteiger partial charge on any atom is 0.189 e. The van der Waals surface area contributed by atoms with Gasteiger partial charge < -0.3 is 15.8 Å². The molecule has 0 radical (unpaired) electrons. The average molecular weight is 316 g/mol. The fourth-order valence-corrected chi connectivity index (χ4v) is 2.14. The molecule has 0 saturated heterocycles. The lowest BCUT2D eigenvalue weighted by Gasteiger charge is -2.12. The summed E-state index contributed by atoms with van der Waals surface area (Å²) < 4.78 is 19.2. The Morgan fingerprint density at radius 1 is 1.67 bits per heavy atom. The second-order valence-corrected chi connectivity index (χ2v) is 4.93. The Hall–Kier alpha value is -1.30. The molecular weight excluding hydrogens is 301 g/mol. The van der Waals surface area contributed by atoms with Crippen LogP contribution in [0, 0.1) is 5.82 Å². The fourth-order valence-electron chi connectivity index (χ4n) is 1.78. The van der Waals surface area contributed by atoms with E-state index < -0.39 is 0 Å². The fraction of sp³-hybridized carbons (Fsp3) is 0.417. The summed E-state index contributed by atoms with van der Waals surface area (Å²) in [5.41, 5.74) is 6.65. The Morgan fingerprint density at radius 3 is 3.17 bits per heavy atom. The number of rotatable bonds is 3. The number of nitrogens with one attached hydrogen (secondary N) is 1. The van der Waals surface area contributed by atoms with Gasteiger partial charge in [0.25, 0.3) is 0 Å². The van der Waals surface area contributed by atoms with Crippen molar-refractivity contribution in [2.45, 2.75) is 19.4 Å². The predicted octanol–water partition coefficient (Wildman–Crippen LogP) is 2.34. The highest BCUT2D eigenvalue weighted by Crippen LogP contribution is 2.35. The second kappa shape index (κ2) is 5.56. The molecule has 0 saturated carbocycles. The van der Waals surface area contributed by atoms with Gasteiger partial charge in [-0.3, -0.25) is 4.99 Å². The third-order valence-electron chi connectivity index (χ3n) is 2.66. The molecule has 0 bridgehead atoms. The Kier molecular flexibility index (Phi) is 4.06. The van der Waals surface area contributed by atoms with Crippen LogP contribution in [0.1, 0.15) is 24.9 Å². The molecule has 0 aliphatic carbocycles. The summed E-state index contributed by atoms with van der Waals surface area (Å²) in [5, 5.41) is 3.08. The van der Waals surface area contributed by atoms with Gasteiger partial charge >= 0.3 is 0 Å². The van der Waals surface area contributed by atoms with Crippen molar-refractivity contribution in [1.29, 1.82) is 0 Å². The van der Waals surface area contributed by atoms with E-state index in [4.69, 9.17) is 10.5 Å². The molecule has 0 spiro atoms. The minimum atomic E-state index is -0.331. The Bertz CT molecular complexity index is 479. The lowest BCUT2D eigenvalue weighted by atomic mass is 10.1. The van der Waals surface area contributed by atoms with Crippen molar-refractivity contribution in [3.05, 3.63) is 28.0 Å². The average Bonchev–Trinajstić information content (AvgIpc) is 2.70. The van der Waals surface area contributed by atoms with E-state index in [1.807, 2.05) is 6.92 Å². The molecule has 18 heavy (non-hydrogen) atoms. The van der Waals surface area contributed by atoms with Crippen LogP contribution in [0.15, 0.2) is 21.6 Å². The van der Waals surface area contributed by atoms with Crippen molar-refractivity contribution >= 4 is 21.9 Å². The van der Waals surface area contributed by atoms with E-state index in [1.165, 1.54) is 6.07 Å². The predicted molar refractivity (Wildman–Crippen MR) is 72.3 cm³/mol. The van der Waals surface area contributed by atoms with Gasteiger partial charge in [0, 0.05) is 18.2 Å². The van der Waals surface area contributed by atoms with Crippen molar-refractivity contribution in [1.82, 2.24) is 5.32 Å². The molecule has 98 valence electrons. The van der Waals surface area contributed by atoms with E-state index in [1.54, 1.807) is 6.07 Å². The molecule has 1 aliphatic rings. The van der Waals surface area contributed by atoms with Gasteiger partial charge in [-0.1, -0.05) is 6.92 Å². The monoisotopic (exact) mass is 315 g/mol. The van der Waals surface area contributed by atoms with Gasteiger partial charge in [-0.2, -0.15) is 0 Å². The SMILES string of the molecule is CCCN=C(N)NC1COc2cc(F)c(Br)cc21. The zero-order chi connectivity index (χ0) is 13.1. The lowest BCUT2D eigenvalue weighted by Crippen LogP contribution is -2.35. The minimum absolute atomic E-state index is 0.0856. The minimum Gasteiger partial charge on any atom is -0.491 e. The summed E-state index contributed by atoms with van der Waals surface area (Å²) in [6.07, 6.45) is 0.941. The van der Waals surface area contributed by atoms with E-state index in [-0.39, 0.29) is 11.9 Å². The van der Waals surface area contributed by atoms with Crippen LogP contribution in [0.2, 0.25) is 0 Å². The topological polar surface area (TPSA) is 59.6 Å².